The summed E-state index contributed by atoms with van der Waals surface area (Å²) in [6.07, 6.45) is 0. The van der Waals surface area contributed by atoms with Crippen LogP contribution in [-0.4, -0.2) is 13.7 Å². The van der Waals surface area contributed by atoms with Gasteiger partial charge in [0.05, 0.1) is 11.6 Å². The van der Waals surface area contributed by atoms with E-state index in [1.54, 1.807) is 7.11 Å². The summed E-state index contributed by atoms with van der Waals surface area (Å²) in [4.78, 5) is 0. The second-order valence-electron chi connectivity index (χ2n) is 4.91. The summed E-state index contributed by atoms with van der Waals surface area (Å²) in [6.45, 7) is 4.07. The van der Waals surface area contributed by atoms with Crippen molar-refractivity contribution in [2.45, 2.75) is 19.4 Å². The molecule has 2 aromatic carbocycles. The average Bonchev–Trinajstić information content (AvgIpc) is 2.48. The monoisotopic (exact) mass is 333 g/mol. The summed E-state index contributed by atoms with van der Waals surface area (Å²) in [5.41, 5.74) is 2.62. The van der Waals surface area contributed by atoms with Gasteiger partial charge in [-0.1, -0.05) is 43.3 Å². The van der Waals surface area contributed by atoms with E-state index in [1.165, 1.54) is 11.1 Å². The van der Waals surface area contributed by atoms with Crippen LogP contribution in [0.5, 0.6) is 5.75 Å². The van der Waals surface area contributed by atoms with E-state index in [0.29, 0.717) is 5.92 Å². The van der Waals surface area contributed by atoms with E-state index >= 15 is 0 Å². The lowest BCUT2D eigenvalue weighted by Crippen LogP contribution is -2.19. The molecule has 0 aliphatic rings. The van der Waals surface area contributed by atoms with E-state index in [1.807, 2.05) is 6.07 Å². The van der Waals surface area contributed by atoms with Gasteiger partial charge in [-0.05, 0) is 45.1 Å². The van der Waals surface area contributed by atoms with Gasteiger partial charge in [-0.2, -0.15) is 0 Å². The van der Waals surface area contributed by atoms with Crippen molar-refractivity contribution in [3.8, 4) is 5.75 Å². The molecule has 0 fully saturated rings. The van der Waals surface area contributed by atoms with Crippen LogP contribution < -0.4 is 10.1 Å². The number of methoxy groups -OCH3 is 1. The molecule has 1 atom stereocenters. The zero-order valence-electron chi connectivity index (χ0n) is 11.9. The lowest BCUT2D eigenvalue weighted by Gasteiger charge is -2.13. The predicted octanol–water partition coefficient (Wildman–Crippen LogP) is 4.35. The van der Waals surface area contributed by atoms with Gasteiger partial charge in [0.25, 0.3) is 0 Å². The predicted molar refractivity (Wildman–Crippen MR) is 87.3 cm³/mol. The highest BCUT2D eigenvalue weighted by atomic mass is 79.9. The molecule has 0 radical (unpaired) electrons. The molecule has 1 N–H and O–H groups in total. The van der Waals surface area contributed by atoms with E-state index in [2.05, 4.69) is 70.6 Å². The summed E-state index contributed by atoms with van der Waals surface area (Å²) in [5, 5.41) is 3.50. The van der Waals surface area contributed by atoms with Crippen LogP contribution >= 0.6 is 15.9 Å². The van der Waals surface area contributed by atoms with Gasteiger partial charge in [-0.25, -0.2) is 0 Å². The van der Waals surface area contributed by atoms with E-state index in [-0.39, 0.29) is 0 Å². The third-order valence-corrected chi connectivity index (χ3v) is 3.98. The van der Waals surface area contributed by atoms with Crippen LogP contribution in [0, 0.1) is 0 Å². The quantitative estimate of drug-likeness (QED) is 0.848. The largest absolute Gasteiger partial charge is 0.496 e. The molecule has 2 nitrogen and oxygen atoms in total. The third kappa shape index (κ3) is 4.09. The Morgan fingerprint density at radius 1 is 1.15 bits per heavy atom. The maximum atomic E-state index is 5.23. The molecular weight excluding hydrogens is 314 g/mol. The Morgan fingerprint density at radius 3 is 2.55 bits per heavy atom. The minimum Gasteiger partial charge on any atom is -0.496 e. The molecule has 106 valence electrons. The normalized spacial score (nSPS) is 12.2. The van der Waals surface area contributed by atoms with Gasteiger partial charge in [0.2, 0.25) is 0 Å². The third-order valence-electron chi connectivity index (χ3n) is 3.36. The summed E-state index contributed by atoms with van der Waals surface area (Å²) < 4.78 is 6.23. The van der Waals surface area contributed by atoms with E-state index in [9.17, 15) is 0 Å². The second kappa shape index (κ2) is 7.46. The van der Waals surface area contributed by atoms with Crippen LogP contribution in [0.3, 0.4) is 0 Å². The molecule has 20 heavy (non-hydrogen) atoms. The Kier molecular flexibility index (Phi) is 5.62. The first kappa shape index (κ1) is 15.1. The van der Waals surface area contributed by atoms with Gasteiger partial charge >= 0.3 is 0 Å². The molecule has 0 spiro atoms. The van der Waals surface area contributed by atoms with Crippen LogP contribution in [0.4, 0.5) is 0 Å². The number of benzene rings is 2. The van der Waals surface area contributed by atoms with Crippen molar-refractivity contribution in [2.24, 2.45) is 0 Å². The van der Waals surface area contributed by atoms with Crippen molar-refractivity contribution >= 4 is 15.9 Å². The first-order chi connectivity index (χ1) is 9.70. The van der Waals surface area contributed by atoms with Crippen LogP contribution in [0.1, 0.15) is 24.0 Å². The van der Waals surface area contributed by atoms with Gasteiger partial charge in [0.1, 0.15) is 5.75 Å². The molecule has 0 heterocycles. The minimum atomic E-state index is 0.512. The minimum absolute atomic E-state index is 0.512. The average molecular weight is 334 g/mol. The Morgan fingerprint density at radius 2 is 1.90 bits per heavy atom. The number of rotatable bonds is 6. The molecule has 0 aromatic heterocycles. The highest BCUT2D eigenvalue weighted by molar-refractivity contribution is 9.10. The van der Waals surface area contributed by atoms with Crippen molar-refractivity contribution in [1.82, 2.24) is 5.32 Å². The maximum Gasteiger partial charge on any atom is 0.133 e. The van der Waals surface area contributed by atoms with Crippen LogP contribution in [0.2, 0.25) is 0 Å². The second-order valence-corrected chi connectivity index (χ2v) is 5.77. The zero-order valence-corrected chi connectivity index (χ0v) is 13.5. The van der Waals surface area contributed by atoms with Gasteiger partial charge in [-0.3, -0.25) is 0 Å². The molecule has 0 saturated carbocycles. The van der Waals surface area contributed by atoms with Gasteiger partial charge in [0.15, 0.2) is 0 Å². The highest BCUT2D eigenvalue weighted by Gasteiger charge is 2.05. The van der Waals surface area contributed by atoms with Crippen LogP contribution in [-0.2, 0) is 6.54 Å². The van der Waals surface area contributed by atoms with Crippen molar-refractivity contribution in [2.75, 3.05) is 13.7 Å². The van der Waals surface area contributed by atoms with E-state index in [4.69, 9.17) is 4.74 Å². The number of halogens is 1. The molecule has 0 unspecified atom stereocenters. The lowest BCUT2D eigenvalue weighted by molar-refractivity contribution is 0.412. The Balaban J connectivity index is 1.85. The molecule has 2 rings (SSSR count). The highest BCUT2D eigenvalue weighted by Crippen LogP contribution is 2.25. The SMILES string of the molecule is COc1ccc(CNC[C@H](C)c2ccccc2)cc1Br. The smallest absolute Gasteiger partial charge is 0.133 e. The van der Waals surface area contributed by atoms with Gasteiger partial charge < -0.3 is 10.1 Å². The molecule has 0 aliphatic heterocycles. The number of nitrogens with one attached hydrogen (secondary N) is 1. The van der Waals surface area contributed by atoms with Crippen molar-refractivity contribution in [1.29, 1.82) is 0 Å². The fraction of sp³-hybridized carbons (Fsp3) is 0.294. The van der Waals surface area contributed by atoms with Crippen LogP contribution in [0.15, 0.2) is 53.0 Å². The number of ether oxygens (including phenoxy) is 1. The molecular formula is C17H20BrNO. The van der Waals surface area contributed by atoms with E-state index in [0.717, 1.165) is 23.3 Å². The summed E-state index contributed by atoms with van der Waals surface area (Å²) >= 11 is 3.51. The van der Waals surface area contributed by atoms with Crippen LogP contribution in [0.25, 0.3) is 0 Å². The lowest BCUT2D eigenvalue weighted by atomic mass is 10.0. The molecule has 2 aromatic rings. The van der Waals surface area contributed by atoms with Crippen molar-refractivity contribution < 1.29 is 4.74 Å². The molecule has 0 aliphatic carbocycles. The first-order valence-corrected chi connectivity index (χ1v) is 7.58. The Bertz CT molecular complexity index is 542. The fourth-order valence-electron chi connectivity index (χ4n) is 2.15. The molecule has 0 amide bonds. The van der Waals surface area contributed by atoms with Crippen molar-refractivity contribution in [3.63, 3.8) is 0 Å². The topological polar surface area (TPSA) is 21.3 Å². The number of hydrogen-bond acceptors (Lipinski definition) is 2. The Hall–Kier alpha value is -1.32. The molecule has 3 heteroatoms. The Labute approximate surface area is 129 Å². The van der Waals surface area contributed by atoms with Gasteiger partial charge in [0, 0.05) is 13.1 Å². The molecule has 0 saturated heterocycles. The fourth-order valence-corrected chi connectivity index (χ4v) is 2.74. The number of hydrogen-bond donors (Lipinski definition) is 1. The van der Waals surface area contributed by atoms with Gasteiger partial charge in [-0.15, -0.1) is 0 Å². The van der Waals surface area contributed by atoms with Crippen molar-refractivity contribution in [3.05, 3.63) is 64.1 Å². The summed E-state index contributed by atoms with van der Waals surface area (Å²) in [6, 6.07) is 16.8. The zero-order chi connectivity index (χ0) is 14.4. The summed E-state index contributed by atoms with van der Waals surface area (Å²) in [7, 11) is 1.68. The maximum absolute atomic E-state index is 5.23. The molecule has 0 bridgehead atoms. The van der Waals surface area contributed by atoms with E-state index < -0.39 is 0 Å². The first-order valence-electron chi connectivity index (χ1n) is 6.79. The summed E-state index contributed by atoms with van der Waals surface area (Å²) in [5.74, 6) is 1.38. The standard InChI is InChI=1S/C17H20BrNO/c1-13(15-6-4-3-5-7-15)11-19-12-14-8-9-17(20-2)16(18)10-14/h3-10,13,19H,11-12H2,1-2H3/t13-/m0/s1.